The van der Waals surface area contributed by atoms with Gasteiger partial charge in [0, 0.05) is 0 Å². The predicted molar refractivity (Wildman–Crippen MR) is 72.3 cm³/mol. The summed E-state index contributed by atoms with van der Waals surface area (Å²) in [4.78, 5) is 0. The molecule has 1 unspecified atom stereocenters. The maximum absolute atomic E-state index is 5.87. The van der Waals surface area contributed by atoms with Crippen molar-refractivity contribution in [2.24, 2.45) is 5.73 Å². The molecule has 1 saturated heterocycles. The molecule has 1 fully saturated rings. The van der Waals surface area contributed by atoms with Gasteiger partial charge in [-0.3, -0.25) is 0 Å². The predicted octanol–water partition coefficient (Wildman–Crippen LogP) is 2.79. The zero-order valence-electron chi connectivity index (χ0n) is 11.3. The molecule has 2 rings (SSSR count). The van der Waals surface area contributed by atoms with Gasteiger partial charge in [0.15, 0.2) is 5.79 Å². The molecule has 1 aromatic carbocycles. The van der Waals surface area contributed by atoms with E-state index in [2.05, 4.69) is 24.3 Å². The van der Waals surface area contributed by atoms with E-state index in [4.69, 9.17) is 15.2 Å². The number of aryl methyl sites for hydroxylation is 1. The van der Waals surface area contributed by atoms with Crippen LogP contribution < -0.4 is 5.73 Å². The van der Waals surface area contributed by atoms with Gasteiger partial charge in [-0.15, -0.1) is 0 Å². The molecule has 1 aromatic rings. The van der Waals surface area contributed by atoms with Gasteiger partial charge >= 0.3 is 0 Å². The molecule has 0 spiro atoms. The molecule has 0 amide bonds. The molecule has 1 aliphatic rings. The van der Waals surface area contributed by atoms with Crippen LogP contribution in [0.2, 0.25) is 0 Å². The van der Waals surface area contributed by atoms with Crippen LogP contribution >= 0.6 is 0 Å². The smallest absolute Gasteiger partial charge is 0.163 e. The summed E-state index contributed by atoms with van der Waals surface area (Å²) in [5, 5.41) is 0. The Hall–Kier alpha value is -0.900. The Balaban J connectivity index is 1.99. The first-order chi connectivity index (χ1) is 8.61. The summed E-state index contributed by atoms with van der Waals surface area (Å²) in [6, 6.07) is 8.61. The summed E-state index contributed by atoms with van der Waals surface area (Å²) >= 11 is 0. The highest BCUT2D eigenvalue weighted by Gasteiger charge is 2.33. The first-order valence-electron chi connectivity index (χ1n) is 6.71. The van der Waals surface area contributed by atoms with Gasteiger partial charge in [-0.05, 0) is 50.8 Å². The van der Waals surface area contributed by atoms with E-state index >= 15 is 0 Å². The molecule has 1 aliphatic heterocycles. The van der Waals surface area contributed by atoms with Crippen molar-refractivity contribution < 1.29 is 9.47 Å². The van der Waals surface area contributed by atoms with E-state index < -0.39 is 5.79 Å². The lowest BCUT2D eigenvalue weighted by Gasteiger charge is -2.17. The molecule has 0 bridgehead atoms. The van der Waals surface area contributed by atoms with Gasteiger partial charge < -0.3 is 15.2 Å². The Morgan fingerprint density at radius 3 is 2.83 bits per heavy atom. The number of ether oxygens (including phenoxy) is 2. The molecule has 18 heavy (non-hydrogen) atoms. The number of rotatable bonds is 5. The quantitative estimate of drug-likeness (QED) is 0.816. The van der Waals surface area contributed by atoms with Crippen molar-refractivity contribution in [2.45, 2.75) is 45.0 Å². The summed E-state index contributed by atoms with van der Waals surface area (Å²) in [5.41, 5.74) is 8.08. The number of hydrogen-bond acceptors (Lipinski definition) is 3. The first-order valence-corrected chi connectivity index (χ1v) is 6.71. The van der Waals surface area contributed by atoms with E-state index in [1.54, 1.807) is 0 Å². The molecule has 0 aliphatic carbocycles. The minimum Gasteiger partial charge on any atom is -0.347 e. The first kappa shape index (κ1) is 13.5. The van der Waals surface area contributed by atoms with Crippen molar-refractivity contribution in [2.75, 3.05) is 13.2 Å². The molecule has 1 atom stereocenters. The molecule has 2 N–H and O–H groups in total. The molecule has 1 heterocycles. The zero-order valence-corrected chi connectivity index (χ0v) is 11.3. The molecule has 0 aromatic heterocycles. The van der Waals surface area contributed by atoms with E-state index in [1.165, 1.54) is 11.1 Å². The average Bonchev–Trinajstić information content (AvgIpc) is 2.71. The van der Waals surface area contributed by atoms with E-state index in [-0.39, 0.29) is 6.10 Å². The molecule has 3 heteroatoms. The topological polar surface area (TPSA) is 44.5 Å². The van der Waals surface area contributed by atoms with Crippen LogP contribution in [0.4, 0.5) is 0 Å². The molecule has 100 valence electrons. The minimum atomic E-state index is -0.458. The Morgan fingerprint density at radius 2 is 2.17 bits per heavy atom. The van der Waals surface area contributed by atoms with Crippen LogP contribution in [0.15, 0.2) is 24.3 Å². The lowest BCUT2D eigenvalue weighted by molar-refractivity contribution is -0.139. The van der Waals surface area contributed by atoms with Crippen molar-refractivity contribution >= 4 is 0 Å². The van der Waals surface area contributed by atoms with E-state index in [0.29, 0.717) is 6.61 Å². The molecule has 0 radical (unpaired) electrons. The van der Waals surface area contributed by atoms with Gasteiger partial charge in [-0.1, -0.05) is 24.3 Å². The Bertz CT molecular complexity index is 390. The Labute approximate surface area is 109 Å². The number of hydrogen-bond donors (Lipinski definition) is 1. The third kappa shape index (κ3) is 3.55. The lowest BCUT2D eigenvalue weighted by Crippen LogP contribution is -2.19. The monoisotopic (exact) mass is 249 g/mol. The molecular formula is C15H23NO2. The second-order valence-corrected chi connectivity index (χ2v) is 5.31. The van der Waals surface area contributed by atoms with E-state index in [9.17, 15) is 0 Å². The third-order valence-corrected chi connectivity index (χ3v) is 3.25. The fraction of sp³-hybridized carbons (Fsp3) is 0.600. The third-order valence-electron chi connectivity index (χ3n) is 3.25. The number of nitrogens with two attached hydrogens (primary N) is 1. The van der Waals surface area contributed by atoms with Gasteiger partial charge in [0.25, 0.3) is 0 Å². The molecule has 3 nitrogen and oxygen atoms in total. The van der Waals surface area contributed by atoms with Crippen molar-refractivity contribution in [3.63, 3.8) is 0 Å². The van der Waals surface area contributed by atoms with Gasteiger partial charge in [-0.25, -0.2) is 0 Å². The van der Waals surface area contributed by atoms with Crippen LogP contribution in [-0.2, 0) is 15.9 Å². The van der Waals surface area contributed by atoms with Crippen molar-refractivity contribution in [1.82, 2.24) is 0 Å². The average molecular weight is 249 g/mol. The summed E-state index contributed by atoms with van der Waals surface area (Å²) in [6.45, 7) is 5.32. The minimum absolute atomic E-state index is 0.0643. The second kappa shape index (κ2) is 5.83. The van der Waals surface area contributed by atoms with Gasteiger partial charge in [-0.2, -0.15) is 0 Å². The highest BCUT2D eigenvalue weighted by atomic mass is 16.7. The molecular weight excluding hydrogens is 226 g/mol. The Morgan fingerprint density at radius 1 is 1.33 bits per heavy atom. The highest BCUT2D eigenvalue weighted by Crippen LogP contribution is 2.33. The van der Waals surface area contributed by atoms with Gasteiger partial charge in [0.1, 0.15) is 6.10 Å². The maximum Gasteiger partial charge on any atom is 0.163 e. The van der Waals surface area contributed by atoms with Crippen LogP contribution in [0, 0.1) is 0 Å². The van der Waals surface area contributed by atoms with Gasteiger partial charge in [0.05, 0.1) is 6.61 Å². The van der Waals surface area contributed by atoms with Crippen LogP contribution in [0.3, 0.4) is 0 Å². The van der Waals surface area contributed by atoms with Crippen molar-refractivity contribution in [3.8, 4) is 0 Å². The zero-order chi connectivity index (χ0) is 13.0. The fourth-order valence-electron chi connectivity index (χ4n) is 2.27. The highest BCUT2D eigenvalue weighted by molar-refractivity contribution is 5.26. The standard InChI is InChI=1S/C15H23NO2/c1-15(2)17-11-14(18-15)13-8-5-7-12(10-13)6-3-4-9-16/h5,7-8,10,14H,3-4,6,9,11,16H2,1-2H3. The summed E-state index contributed by atoms with van der Waals surface area (Å²) < 4.78 is 11.5. The van der Waals surface area contributed by atoms with E-state index in [1.807, 2.05) is 13.8 Å². The second-order valence-electron chi connectivity index (χ2n) is 5.31. The maximum atomic E-state index is 5.87. The summed E-state index contributed by atoms with van der Waals surface area (Å²) in [7, 11) is 0. The Kier molecular flexibility index (Phi) is 4.38. The normalized spacial score (nSPS) is 22.3. The SMILES string of the molecule is CC1(C)OCC(c2cccc(CCCCN)c2)O1. The fourth-order valence-corrected chi connectivity index (χ4v) is 2.27. The number of benzene rings is 1. The van der Waals surface area contributed by atoms with Crippen LogP contribution in [0.1, 0.15) is 43.9 Å². The largest absolute Gasteiger partial charge is 0.347 e. The lowest BCUT2D eigenvalue weighted by atomic mass is 10.0. The van der Waals surface area contributed by atoms with Gasteiger partial charge in [0.2, 0.25) is 0 Å². The summed E-state index contributed by atoms with van der Waals surface area (Å²) in [6.07, 6.45) is 3.38. The molecule has 0 saturated carbocycles. The van der Waals surface area contributed by atoms with Crippen LogP contribution in [-0.4, -0.2) is 18.9 Å². The van der Waals surface area contributed by atoms with Crippen LogP contribution in [0.5, 0.6) is 0 Å². The van der Waals surface area contributed by atoms with Crippen molar-refractivity contribution in [3.05, 3.63) is 35.4 Å². The number of unbranched alkanes of at least 4 members (excludes halogenated alkanes) is 1. The van der Waals surface area contributed by atoms with Crippen molar-refractivity contribution in [1.29, 1.82) is 0 Å². The van der Waals surface area contributed by atoms with Crippen LogP contribution in [0.25, 0.3) is 0 Å². The van der Waals surface area contributed by atoms with E-state index in [0.717, 1.165) is 25.8 Å². The summed E-state index contributed by atoms with van der Waals surface area (Å²) in [5.74, 6) is -0.458.